The van der Waals surface area contributed by atoms with Crippen molar-refractivity contribution < 1.29 is 5.11 Å². The van der Waals surface area contributed by atoms with Crippen LogP contribution in [0.4, 0.5) is 0 Å². The van der Waals surface area contributed by atoms with Crippen molar-refractivity contribution in [2.75, 3.05) is 12.0 Å². The Hall–Kier alpha value is 0.310. The second-order valence-electron chi connectivity index (χ2n) is 3.39. The Morgan fingerprint density at radius 1 is 1.36 bits per heavy atom. The van der Waals surface area contributed by atoms with Crippen LogP contribution in [0, 0.1) is 5.92 Å². The topological polar surface area (TPSA) is 20.2 Å². The van der Waals surface area contributed by atoms with E-state index in [-0.39, 0.29) is 6.10 Å². The van der Waals surface area contributed by atoms with E-state index in [4.69, 9.17) is 0 Å². The molecule has 1 saturated carbocycles. The highest BCUT2D eigenvalue weighted by molar-refractivity contribution is 7.98. The molecule has 1 fully saturated rings. The number of aliphatic hydroxyl groups is 1. The maximum absolute atomic E-state index is 9.59. The average molecular weight is 174 g/mol. The van der Waals surface area contributed by atoms with Gasteiger partial charge in [-0.25, -0.2) is 0 Å². The van der Waals surface area contributed by atoms with Gasteiger partial charge in [0, 0.05) is 0 Å². The first-order valence-corrected chi connectivity index (χ1v) is 5.91. The Morgan fingerprint density at radius 2 is 2.09 bits per heavy atom. The van der Waals surface area contributed by atoms with Gasteiger partial charge in [0.1, 0.15) is 0 Å². The lowest BCUT2D eigenvalue weighted by Crippen LogP contribution is -2.24. The zero-order valence-corrected chi connectivity index (χ0v) is 8.07. The van der Waals surface area contributed by atoms with E-state index in [1.54, 1.807) is 0 Å². The van der Waals surface area contributed by atoms with Crippen molar-refractivity contribution in [3.05, 3.63) is 0 Å². The minimum Gasteiger partial charge on any atom is -0.393 e. The van der Waals surface area contributed by atoms with Crippen LogP contribution in [0.3, 0.4) is 0 Å². The smallest absolute Gasteiger partial charge is 0.0568 e. The lowest BCUT2D eigenvalue weighted by molar-refractivity contribution is 0.0686. The van der Waals surface area contributed by atoms with Gasteiger partial charge in [-0.15, -0.1) is 0 Å². The predicted molar refractivity (Wildman–Crippen MR) is 51.0 cm³/mol. The van der Waals surface area contributed by atoms with Crippen LogP contribution in [0.1, 0.15) is 32.1 Å². The normalized spacial score (nSPS) is 32.2. The molecule has 0 heterocycles. The van der Waals surface area contributed by atoms with E-state index in [9.17, 15) is 5.11 Å². The number of hydrogen-bond donors (Lipinski definition) is 1. The van der Waals surface area contributed by atoms with Crippen LogP contribution in [0.2, 0.25) is 0 Å². The molecule has 0 aromatic rings. The van der Waals surface area contributed by atoms with E-state index in [0.717, 1.165) is 6.42 Å². The van der Waals surface area contributed by atoms with Gasteiger partial charge in [-0.3, -0.25) is 0 Å². The molecule has 11 heavy (non-hydrogen) atoms. The summed E-state index contributed by atoms with van der Waals surface area (Å²) in [6, 6.07) is 0. The van der Waals surface area contributed by atoms with Crippen LogP contribution in [0.25, 0.3) is 0 Å². The maximum Gasteiger partial charge on any atom is 0.0568 e. The highest BCUT2D eigenvalue weighted by Crippen LogP contribution is 2.27. The number of rotatable bonds is 3. The lowest BCUT2D eigenvalue weighted by atomic mass is 9.85. The molecule has 0 saturated heterocycles. The third-order valence-corrected chi connectivity index (χ3v) is 3.21. The fraction of sp³-hybridized carbons (Fsp3) is 1.00. The number of aliphatic hydroxyl groups excluding tert-OH is 1. The molecule has 1 rings (SSSR count). The third-order valence-electron chi connectivity index (χ3n) is 2.56. The molecule has 1 N–H and O–H groups in total. The van der Waals surface area contributed by atoms with E-state index >= 15 is 0 Å². The van der Waals surface area contributed by atoms with Crippen molar-refractivity contribution in [1.82, 2.24) is 0 Å². The van der Waals surface area contributed by atoms with Crippen LogP contribution in [-0.4, -0.2) is 23.2 Å². The van der Waals surface area contributed by atoms with Crippen molar-refractivity contribution in [2.24, 2.45) is 5.92 Å². The molecular weight excluding hydrogens is 156 g/mol. The SMILES string of the molecule is CSCCC1CCCCC1O. The largest absolute Gasteiger partial charge is 0.393 e. The van der Waals surface area contributed by atoms with Crippen molar-refractivity contribution in [1.29, 1.82) is 0 Å². The van der Waals surface area contributed by atoms with E-state index in [1.807, 2.05) is 11.8 Å². The Kier molecular flexibility index (Phi) is 4.31. The summed E-state index contributed by atoms with van der Waals surface area (Å²) in [5, 5.41) is 9.59. The predicted octanol–water partition coefficient (Wildman–Crippen LogP) is 2.29. The van der Waals surface area contributed by atoms with Crippen LogP contribution in [-0.2, 0) is 0 Å². The molecule has 1 aliphatic rings. The van der Waals surface area contributed by atoms with Gasteiger partial charge in [0.05, 0.1) is 6.10 Å². The summed E-state index contributed by atoms with van der Waals surface area (Å²) < 4.78 is 0. The number of thioether (sulfide) groups is 1. The molecule has 66 valence electrons. The maximum atomic E-state index is 9.59. The number of hydrogen-bond acceptors (Lipinski definition) is 2. The van der Waals surface area contributed by atoms with Crippen LogP contribution in [0.15, 0.2) is 0 Å². The summed E-state index contributed by atoms with van der Waals surface area (Å²) >= 11 is 1.89. The first kappa shape index (κ1) is 9.40. The first-order valence-electron chi connectivity index (χ1n) is 4.51. The summed E-state index contributed by atoms with van der Waals surface area (Å²) in [5.74, 6) is 1.82. The molecule has 0 radical (unpaired) electrons. The Morgan fingerprint density at radius 3 is 2.73 bits per heavy atom. The zero-order chi connectivity index (χ0) is 8.10. The quantitative estimate of drug-likeness (QED) is 0.708. The summed E-state index contributed by atoms with van der Waals surface area (Å²) in [7, 11) is 0. The molecule has 2 heteroatoms. The van der Waals surface area contributed by atoms with E-state index in [0.29, 0.717) is 5.92 Å². The molecule has 0 aliphatic heterocycles. The fourth-order valence-corrected chi connectivity index (χ4v) is 2.33. The lowest BCUT2D eigenvalue weighted by Gasteiger charge is -2.27. The summed E-state index contributed by atoms with van der Waals surface area (Å²) in [6.07, 6.45) is 8.21. The van der Waals surface area contributed by atoms with Crippen molar-refractivity contribution in [2.45, 2.75) is 38.2 Å². The molecule has 0 aromatic heterocycles. The van der Waals surface area contributed by atoms with E-state index in [2.05, 4.69) is 6.26 Å². The molecule has 2 unspecified atom stereocenters. The van der Waals surface area contributed by atoms with Crippen molar-refractivity contribution in [3.8, 4) is 0 Å². The van der Waals surface area contributed by atoms with E-state index < -0.39 is 0 Å². The second-order valence-corrected chi connectivity index (χ2v) is 4.38. The molecule has 0 bridgehead atoms. The first-order chi connectivity index (χ1) is 5.34. The van der Waals surface area contributed by atoms with Crippen molar-refractivity contribution in [3.63, 3.8) is 0 Å². The van der Waals surface area contributed by atoms with Gasteiger partial charge in [0.15, 0.2) is 0 Å². The van der Waals surface area contributed by atoms with Gasteiger partial charge >= 0.3 is 0 Å². The molecule has 0 amide bonds. The summed E-state index contributed by atoms with van der Waals surface area (Å²) in [6.45, 7) is 0. The van der Waals surface area contributed by atoms with Gasteiger partial charge < -0.3 is 5.11 Å². The highest BCUT2D eigenvalue weighted by atomic mass is 32.2. The standard InChI is InChI=1S/C9H18OS/c1-11-7-6-8-4-2-3-5-9(8)10/h8-10H,2-7H2,1H3. The minimum absolute atomic E-state index is 0.0101. The van der Waals surface area contributed by atoms with Crippen LogP contribution < -0.4 is 0 Å². The van der Waals surface area contributed by atoms with Crippen LogP contribution in [0.5, 0.6) is 0 Å². The van der Waals surface area contributed by atoms with Gasteiger partial charge in [0.2, 0.25) is 0 Å². The average Bonchev–Trinajstić information content (AvgIpc) is 2.03. The Labute approximate surface area is 73.6 Å². The second kappa shape index (κ2) is 5.04. The molecule has 1 nitrogen and oxygen atoms in total. The van der Waals surface area contributed by atoms with Gasteiger partial charge in [-0.05, 0) is 37.2 Å². The fourth-order valence-electron chi connectivity index (χ4n) is 1.79. The van der Waals surface area contributed by atoms with E-state index in [1.165, 1.54) is 31.4 Å². The van der Waals surface area contributed by atoms with Gasteiger partial charge in [-0.2, -0.15) is 11.8 Å². The van der Waals surface area contributed by atoms with Gasteiger partial charge in [0.25, 0.3) is 0 Å². The molecule has 0 spiro atoms. The highest BCUT2D eigenvalue weighted by Gasteiger charge is 2.21. The monoisotopic (exact) mass is 174 g/mol. The molecule has 0 aromatic carbocycles. The van der Waals surface area contributed by atoms with Crippen molar-refractivity contribution >= 4 is 11.8 Å². The Balaban J connectivity index is 2.18. The Bertz CT molecular complexity index is 106. The minimum atomic E-state index is 0.0101. The molecular formula is C9H18OS. The third kappa shape index (κ3) is 3.04. The summed E-state index contributed by atoms with van der Waals surface area (Å²) in [4.78, 5) is 0. The van der Waals surface area contributed by atoms with Crippen LogP contribution >= 0.6 is 11.8 Å². The zero-order valence-electron chi connectivity index (χ0n) is 7.25. The summed E-state index contributed by atoms with van der Waals surface area (Å²) in [5.41, 5.74) is 0. The molecule has 2 atom stereocenters. The van der Waals surface area contributed by atoms with Gasteiger partial charge in [-0.1, -0.05) is 12.8 Å². The molecule has 1 aliphatic carbocycles.